The summed E-state index contributed by atoms with van der Waals surface area (Å²) in [6.07, 6.45) is 0.112. The van der Waals surface area contributed by atoms with Crippen LogP contribution in [0.1, 0.15) is 58.7 Å². The van der Waals surface area contributed by atoms with Crippen LogP contribution in [-0.4, -0.2) is 70.1 Å². The Hall–Kier alpha value is -3.61. The molecule has 0 bridgehead atoms. The molecule has 1 aromatic carbocycles. The van der Waals surface area contributed by atoms with Crippen molar-refractivity contribution < 1.29 is 27.4 Å². The van der Waals surface area contributed by atoms with Crippen molar-refractivity contribution in [1.29, 1.82) is 0 Å². The number of ether oxygens (including phenoxy) is 2. The van der Waals surface area contributed by atoms with E-state index in [0.29, 0.717) is 56.0 Å². The number of nitrogens with zero attached hydrogens (tertiary/aromatic N) is 5. The number of morpholine rings is 1. The number of halogens is 3. The van der Waals surface area contributed by atoms with Gasteiger partial charge in [-0.25, -0.2) is 22.9 Å². The summed E-state index contributed by atoms with van der Waals surface area (Å²) in [5, 5.41) is 6.27. The Balaban J connectivity index is 1.34. The summed E-state index contributed by atoms with van der Waals surface area (Å²) >= 11 is 0. The third-order valence-electron chi connectivity index (χ3n) is 7.22. The number of alkyl carbamates (subject to hydrolysis) is 1. The molecule has 2 fully saturated rings. The molecule has 1 amide bonds. The molecule has 2 aromatic heterocycles. The number of hydrogen-bond acceptors (Lipinski definition) is 8. The van der Waals surface area contributed by atoms with Gasteiger partial charge in [0.1, 0.15) is 23.1 Å². The first kappa shape index (κ1) is 28.9. The summed E-state index contributed by atoms with van der Waals surface area (Å²) in [7, 11) is 0. The van der Waals surface area contributed by atoms with Crippen molar-refractivity contribution >= 4 is 28.9 Å². The molecule has 3 aromatic rings. The van der Waals surface area contributed by atoms with Gasteiger partial charge in [0, 0.05) is 37.8 Å². The van der Waals surface area contributed by atoms with Gasteiger partial charge in [-0.05, 0) is 64.5 Å². The number of fused-ring (bicyclic) bond motifs is 1. The molecule has 222 valence electrons. The number of rotatable bonds is 7. The van der Waals surface area contributed by atoms with Crippen molar-refractivity contribution in [2.45, 2.75) is 64.5 Å². The topological polar surface area (TPSA) is 106 Å². The summed E-state index contributed by atoms with van der Waals surface area (Å²) in [6, 6.07) is 5.49. The van der Waals surface area contributed by atoms with E-state index in [1.165, 1.54) is 16.7 Å². The lowest BCUT2D eigenvalue weighted by Crippen LogP contribution is -2.41. The summed E-state index contributed by atoms with van der Waals surface area (Å²) < 4.78 is 54.2. The molecule has 0 spiro atoms. The Kier molecular flexibility index (Phi) is 8.52. The molecular weight excluding hydrogens is 539 g/mol. The van der Waals surface area contributed by atoms with Crippen molar-refractivity contribution in [1.82, 2.24) is 24.8 Å². The molecule has 1 aliphatic carbocycles. The Morgan fingerprint density at radius 1 is 1.07 bits per heavy atom. The Morgan fingerprint density at radius 2 is 1.78 bits per heavy atom. The Labute approximate surface area is 236 Å². The molecule has 0 radical (unpaired) electrons. The quantitative estimate of drug-likeness (QED) is 0.395. The van der Waals surface area contributed by atoms with Crippen LogP contribution >= 0.6 is 0 Å². The first-order valence-electron chi connectivity index (χ1n) is 14.0. The number of benzene rings is 1. The second-order valence-corrected chi connectivity index (χ2v) is 11.5. The highest BCUT2D eigenvalue weighted by molar-refractivity contribution is 5.78. The summed E-state index contributed by atoms with van der Waals surface area (Å²) in [5.41, 5.74) is -0.0945. The molecule has 3 heterocycles. The third-order valence-corrected chi connectivity index (χ3v) is 7.22. The van der Waals surface area contributed by atoms with Crippen LogP contribution in [0.2, 0.25) is 0 Å². The minimum atomic E-state index is -2.90. The number of carbonyl (C=O) groups excluding carboxylic acids is 1. The van der Waals surface area contributed by atoms with E-state index in [4.69, 9.17) is 14.5 Å². The van der Waals surface area contributed by atoms with Crippen LogP contribution in [0, 0.1) is 11.7 Å². The number of anilines is 2. The molecule has 41 heavy (non-hydrogen) atoms. The molecule has 2 N–H and O–H groups in total. The smallest absolute Gasteiger partial charge is 0.407 e. The average Bonchev–Trinajstić information content (AvgIpc) is 3.31. The van der Waals surface area contributed by atoms with Crippen LogP contribution in [0.3, 0.4) is 0 Å². The molecule has 10 nitrogen and oxygen atoms in total. The molecule has 0 unspecified atom stereocenters. The second-order valence-electron chi connectivity index (χ2n) is 11.5. The van der Waals surface area contributed by atoms with Gasteiger partial charge in [0.15, 0.2) is 5.82 Å². The van der Waals surface area contributed by atoms with E-state index in [1.54, 1.807) is 6.07 Å². The van der Waals surface area contributed by atoms with Crippen LogP contribution in [0.25, 0.3) is 16.9 Å². The normalized spacial score (nSPS) is 19.9. The largest absolute Gasteiger partial charge is 0.444 e. The first-order chi connectivity index (χ1) is 19.6. The van der Waals surface area contributed by atoms with Gasteiger partial charge < -0.3 is 25.0 Å². The van der Waals surface area contributed by atoms with Gasteiger partial charge in [-0.2, -0.15) is 9.97 Å². The maximum Gasteiger partial charge on any atom is 0.407 e. The molecule has 1 aliphatic heterocycles. The average molecular weight is 576 g/mol. The van der Waals surface area contributed by atoms with Crippen LogP contribution in [0.5, 0.6) is 0 Å². The van der Waals surface area contributed by atoms with Crippen molar-refractivity contribution in [3.8, 4) is 5.82 Å². The maximum atomic E-state index is 14.1. The predicted octanol–water partition coefficient (Wildman–Crippen LogP) is 5.22. The van der Waals surface area contributed by atoms with Crippen molar-refractivity contribution in [2.75, 3.05) is 43.1 Å². The zero-order valence-corrected chi connectivity index (χ0v) is 23.5. The number of alkyl halides is 2. The number of amides is 1. The molecule has 13 heteroatoms. The van der Waals surface area contributed by atoms with Crippen LogP contribution in [0.15, 0.2) is 24.3 Å². The number of hydrogen-bond donors (Lipinski definition) is 2. The molecule has 0 atom stereocenters. The van der Waals surface area contributed by atoms with E-state index in [2.05, 4.69) is 20.6 Å². The zero-order chi connectivity index (χ0) is 29.1. The van der Waals surface area contributed by atoms with Crippen LogP contribution in [-0.2, 0) is 9.47 Å². The Bertz CT molecular complexity index is 1360. The van der Waals surface area contributed by atoms with Crippen molar-refractivity contribution in [2.24, 2.45) is 5.92 Å². The highest BCUT2D eigenvalue weighted by Crippen LogP contribution is 2.30. The predicted molar refractivity (Wildman–Crippen MR) is 148 cm³/mol. The van der Waals surface area contributed by atoms with E-state index in [-0.39, 0.29) is 17.4 Å². The molecular formula is C28H36F3N7O3. The number of imidazole rings is 1. The lowest BCUT2D eigenvalue weighted by molar-refractivity contribution is 0.0488. The van der Waals surface area contributed by atoms with E-state index in [9.17, 15) is 18.0 Å². The van der Waals surface area contributed by atoms with Crippen LogP contribution in [0.4, 0.5) is 29.7 Å². The van der Waals surface area contributed by atoms with Crippen molar-refractivity contribution in [3.63, 3.8) is 0 Å². The highest BCUT2D eigenvalue weighted by Gasteiger charge is 2.26. The Morgan fingerprint density at radius 3 is 2.46 bits per heavy atom. The minimum Gasteiger partial charge on any atom is -0.444 e. The summed E-state index contributed by atoms with van der Waals surface area (Å²) in [6.45, 7) is 8.34. The highest BCUT2D eigenvalue weighted by atomic mass is 19.3. The summed E-state index contributed by atoms with van der Waals surface area (Å²) in [5.74, 6) is 0.354. The van der Waals surface area contributed by atoms with Gasteiger partial charge in [0.25, 0.3) is 6.43 Å². The number of aromatic nitrogens is 4. The molecule has 1 saturated carbocycles. The number of nitrogens with one attached hydrogen (secondary N) is 2. The zero-order valence-electron chi connectivity index (χ0n) is 23.5. The number of carbonyl (C=O) groups is 1. The maximum absolute atomic E-state index is 14.1. The molecule has 2 aliphatic rings. The van der Waals surface area contributed by atoms with Gasteiger partial charge in [-0.15, -0.1) is 0 Å². The molecule has 1 saturated heterocycles. The fourth-order valence-corrected chi connectivity index (χ4v) is 5.25. The van der Waals surface area contributed by atoms with E-state index >= 15 is 0 Å². The SMILES string of the molecule is CC(C)(C)OC(=O)NC1CCC(CNc2nc(N3CCOCC3)cc(-n3c(C(F)F)nc4cc(F)ccc43)n2)CC1. The fraction of sp³-hybridized carbons (Fsp3) is 0.571. The summed E-state index contributed by atoms with van der Waals surface area (Å²) in [4.78, 5) is 27.5. The van der Waals surface area contributed by atoms with E-state index in [0.717, 1.165) is 31.7 Å². The third kappa shape index (κ3) is 7.19. The minimum absolute atomic E-state index is 0.0562. The molecule has 5 rings (SSSR count). The van der Waals surface area contributed by atoms with Crippen molar-refractivity contribution in [3.05, 3.63) is 35.9 Å². The van der Waals surface area contributed by atoms with Gasteiger partial charge >= 0.3 is 6.09 Å². The monoisotopic (exact) mass is 575 g/mol. The van der Waals surface area contributed by atoms with Gasteiger partial charge in [0.05, 0.1) is 24.2 Å². The lowest BCUT2D eigenvalue weighted by Gasteiger charge is -2.30. The second kappa shape index (κ2) is 12.1. The standard InChI is InChI=1S/C28H36F3N7O3/c1-28(2,3)41-27(39)33-19-7-4-17(5-8-19)16-32-26-35-22(37-10-12-40-13-11-37)15-23(36-26)38-21-9-6-18(29)14-20(21)34-25(38)24(30)31/h6,9,14-15,17,19,24H,4-5,7-8,10-13,16H2,1-3H3,(H,33,39)(H,32,35,36). The van der Waals surface area contributed by atoms with Gasteiger partial charge in [0.2, 0.25) is 5.95 Å². The van der Waals surface area contributed by atoms with Crippen LogP contribution < -0.4 is 15.5 Å². The van der Waals surface area contributed by atoms with E-state index < -0.39 is 29.8 Å². The van der Waals surface area contributed by atoms with Gasteiger partial charge in [-0.3, -0.25) is 4.57 Å². The fourth-order valence-electron chi connectivity index (χ4n) is 5.25. The van der Waals surface area contributed by atoms with Gasteiger partial charge in [-0.1, -0.05) is 0 Å². The first-order valence-corrected chi connectivity index (χ1v) is 14.0. The van der Waals surface area contributed by atoms with E-state index in [1.807, 2.05) is 25.7 Å². The lowest BCUT2D eigenvalue weighted by atomic mass is 9.86.